The lowest BCUT2D eigenvalue weighted by atomic mass is 9.90. The van der Waals surface area contributed by atoms with Crippen LogP contribution in [0.5, 0.6) is 0 Å². The fourth-order valence-corrected chi connectivity index (χ4v) is 2.49. The Hall–Kier alpha value is -1.35. The highest BCUT2D eigenvalue weighted by atomic mass is 16.1. The molecule has 1 heterocycles. The van der Waals surface area contributed by atoms with Gasteiger partial charge in [0.2, 0.25) is 5.91 Å². The highest BCUT2D eigenvalue weighted by molar-refractivity contribution is 5.99. The van der Waals surface area contributed by atoms with E-state index in [1.54, 1.807) is 0 Å². The van der Waals surface area contributed by atoms with Crippen molar-refractivity contribution >= 4 is 11.6 Å². The van der Waals surface area contributed by atoms with Crippen LogP contribution in [0.1, 0.15) is 50.3 Å². The van der Waals surface area contributed by atoms with Crippen molar-refractivity contribution in [3.63, 3.8) is 0 Å². The number of carbonyl (C=O) groups is 1. The van der Waals surface area contributed by atoms with E-state index in [1.165, 1.54) is 12.8 Å². The van der Waals surface area contributed by atoms with Gasteiger partial charge in [-0.3, -0.25) is 4.79 Å². The molecule has 1 amide bonds. The number of benzene rings is 1. The molecule has 1 aliphatic heterocycles. The van der Waals surface area contributed by atoms with E-state index in [1.807, 2.05) is 12.1 Å². The van der Waals surface area contributed by atoms with Gasteiger partial charge in [-0.1, -0.05) is 38.8 Å². The molecule has 3 heteroatoms. The summed E-state index contributed by atoms with van der Waals surface area (Å²) < 4.78 is 0. The Balaban J connectivity index is 2.10. The normalized spacial score (nSPS) is 17.2. The molecule has 1 aromatic rings. The summed E-state index contributed by atoms with van der Waals surface area (Å²) in [6, 6.07) is 6.16. The Bertz CT molecular complexity index is 442. The number of fused-ring (bicyclic) bond motifs is 1. The van der Waals surface area contributed by atoms with Crippen LogP contribution in [0.15, 0.2) is 18.2 Å². The van der Waals surface area contributed by atoms with Gasteiger partial charge in [-0.05, 0) is 29.5 Å². The smallest absolute Gasteiger partial charge is 0.228 e. The topological polar surface area (TPSA) is 55.1 Å². The van der Waals surface area contributed by atoms with Crippen molar-refractivity contribution in [1.82, 2.24) is 0 Å². The summed E-state index contributed by atoms with van der Waals surface area (Å²) in [6.07, 6.45) is 4.07. The molecule has 3 N–H and O–H groups in total. The standard InChI is InChI=1S/C15H22N2O/c1-3-4-5-10(2)15(16)11-6-7-13-12(8-11)9-14(18)17-13/h6-8,10,15H,3-5,9,16H2,1-2H3,(H,17,18). The molecule has 0 spiro atoms. The third kappa shape index (κ3) is 2.72. The zero-order valence-corrected chi connectivity index (χ0v) is 11.2. The van der Waals surface area contributed by atoms with E-state index < -0.39 is 0 Å². The number of anilines is 1. The van der Waals surface area contributed by atoms with Crippen molar-refractivity contribution < 1.29 is 4.79 Å². The maximum absolute atomic E-state index is 11.3. The zero-order chi connectivity index (χ0) is 13.1. The molecule has 1 aliphatic rings. The first-order valence-electron chi connectivity index (χ1n) is 6.80. The third-order valence-electron chi connectivity index (χ3n) is 3.77. The lowest BCUT2D eigenvalue weighted by molar-refractivity contribution is -0.115. The zero-order valence-electron chi connectivity index (χ0n) is 11.2. The molecule has 0 saturated heterocycles. The van der Waals surface area contributed by atoms with Crippen LogP contribution < -0.4 is 11.1 Å². The average Bonchev–Trinajstić information content (AvgIpc) is 2.73. The van der Waals surface area contributed by atoms with Crippen molar-refractivity contribution in [2.45, 2.75) is 45.6 Å². The van der Waals surface area contributed by atoms with Crippen LogP contribution in [-0.4, -0.2) is 5.91 Å². The van der Waals surface area contributed by atoms with Crippen LogP contribution in [0.3, 0.4) is 0 Å². The minimum Gasteiger partial charge on any atom is -0.326 e. The molecule has 0 saturated carbocycles. The molecule has 2 atom stereocenters. The molecule has 0 radical (unpaired) electrons. The number of nitrogens with one attached hydrogen (secondary N) is 1. The maximum atomic E-state index is 11.3. The molecule has 18 heavy (non-hydrogen) atoms. The van der Waals surface area contributed by atoms with Crippen LogP contribution in [0, 0.1) is 5.92 Å². The number of hydrogen-bond acceptors (Lipinski definition) is 2. The van der Waals surface area contributed by atoms with Gasteiger partial charge >= 0.3 is 0 Å². The minimum atomic E-state index is 0.0672. The fraction of sp³-hybridized carbons (Fsp3) is 0.533. The van der Waals surface area contributed by atoms with Crippen molar-refractivity contribution in [1.29, 1.82) is 0 Å². The van der Waals surface area contributed by atoms with E-state index in [9.17, 15) is 4.79 Å². The van der Waals surface area contributed by atoms with Crippen molar-refractivity contribution in [3.05, 3.63) is 29.3 Å². The van der Waals surface area contributed by atoms with Gasteiger partial charge in [0.05, 0.1) is 6.42 Å². The number of unbranched alkanes of at least 4 members (excludes halogenated alkanes) is 1. The minimum absolute atomic E-state index is 0.0672. The number of amides is 1. The lowest BCUT2D eigenvalue weighted by Crippen LogP contribution is -2.19. The van der Waals surface area contributed by atoms with Crippen LogP contribution in [0.4, 0.5) is 5.69 Å². The maximum Gasteiger partial charge on any atom is 0.228 e. The fourth-order valence-electron chi connectivity index (χ4n) is 2.49. The molecular weight excluding hydrogens is 224 g/mol. The van der Waals surface area contributed by atoms with Crippen molar-refractivity contribution in [2.75, 3.05) is 5.32 Å². The summed E-state index contributed by atoms with van der Waals surface area (Å²) in [5.74, 6) is 0.558. The van der Waals surface area contributed by atoms with Gasteiger partial charge in [-0.15, -0.1) is 0 Å². The molecule has 0 aliphatic carbocycles. The van der Waals surface area contributed by atoms with Gasteiger partial charge in [-0.25, -0.2) is 0 Å². The Morgan fingerprint density at radius 3 is 2.94 bits per heavy atom. The SMILES string of the molecule is CCCCC(C)C(N)c1ccc2c(c1)CC(=O)N2. The summed E-state index contributed by atoms with van der Waals surface area (Å²) in [5.41, 5.74) is 9.47. The largest absolute Gasteiger partial charge is 0.326 e. The van der Waals surface area contributed by atoms with E-state index in [0.717, 1.165) is 23.2 Å². The van der Waals surface area contributed by atoms with Crippen LogP contribution in [0.2, 0.25) is 0 Å². The molecular formula is C15H22N2O. The summed E-state index contributed by atoms with van der Waals surface area (Å²) in [4.78, 5) is 11.3. The van der Waals surface area contributed by atoms with E-state index in [-0.39, 0.29) is 11.9 Å². The highest BCUT2D eigenvalue weighted by Gasteiger charge is 2.20. The van der Waals surface area contributed by atoms with Gasteiger partial charge in [0.1, 0.15) is 0 Å². The van der Waals surface area contributed by atoms with Crippen molar-refractivity contribution in [2.24, 2.45) is 11.7 Å². The average molecular weight is 246 g/mol. The second-order valence-electron chi connectivity index (χ2n) is 5.29. The van der Waals surface area contributed by atoms with Crippen LogP contribution in [-0.2, 0) is 11.2 Å². The van der Waals surface area contributed by atoms with Gasteiger partial charge < -0.3 is 11.1 Å². The Morgan fingerprint density at radius 2 is 2.22 bits per heavy atom. The highest BCUT2D eigenvalue weighted by Crippen LogP contribution is 2.29. The van der Waals surface area contributed by atoms with E-state index in [0.29, 0.717) is 12.3 Å². The van der Waals surface area contributed by atoms with E-state index >= 15 is 0 Å². The molecule has 2 unspecified atom stereocenters. The summed E-state index contributed by atoms with van der Waals surface area (Å²) in [6.45, 7) is 4.40. The Morgan fingerprint density at radius 1 is 1.44 bits per heavy atom. The quantitative estimate of drug-likeness (QED) is 0.839. The first-order valence-corrected chi connectivity index (χ1v) is 6.80. The Kier molecular flexibility index (Phi) is 4.02. The number of nitrogens with two attached hydrogens (primary N) is 1. The molecule has 0 fully saturated rings. The summed E-state index contributed by atoms with van der Waals surface area (Å²) in [7, 11) is 0. The second-order valence-corrected chi connectivity index (χ2v) is 5.29. The van der Waals surface area contributed by atoms with Crippen LogP contribution >= 0.6 is 0 Å². The first-order chi connectivity index (χ1) is 8.61. The van der Waals surface area contributed by atoms with Gasteiger partial charge in [0, 0.05) is 11.7 Å². The molecule has 0 aromatic heterocycles. The van der Waals surface area contributed by atoms with Gasteiger partial charge in [0.15, 0.2) is 0 Å². The number of hydrogen-bond donors (Lipinski definition) is 2. The molecule has 2 rings (SSSR count). The van der Waals surface area contributed by atoms with Crippen molar-refractivity contribution in [3.8, 4) is 0 Å². The lowest BCUT2D eigenvalue weighted by Gasteiger charge is -2.20. The monoisotopic (exact) mass is 246 g/mol. The third-order valence-corrected chi connectivity index (χ3v) is 3.77. The molecule has 0 bridgehead atoms. The number of carbonyl (C=O) groups excluding carboxylic acids is 1. The predicted molar refractivity (Wildman–Crippen MR) is 74.4 cm³/mol. The second kappa shape index (κ2) is 5.53. The predicted octanol–water partition coefficient (Wildman–Crippen LogP) is 3.01. The molecule has 1 aromatic carbocycles. The molecule has 3 nitrogen and oxygen atoms in total. The van der Waals surface area contributed by atoms with E-state index in [4.69, 9.17) is 5.73 Å². The summed E-state index contributed by atoms with van der Waals surface area (Å²) >= 11 is 0. The Labute approximate surface area is 109 Å². The van der Waals surface area contributed by atoms with Crippen LogP contribution in [0.25, 0.3) is 0 Å². The molecule has 98 valence electrons. The number of rotatable bonds is 5. The van der Waals surface area contributed by atoms with Gasteiger partial charge in [0.25, 0.3) is 0 Å². The summed E-state index contributed by atoms with van der Waals surface area (Å²) in [5, 5.41) is 2.85. The van der Waals surface area contributed by atoms with Gasteiger partial charge in [-0.2, -0.15) is 0 Å². The first kappa shape index (κ1) is 13.1. The van der Waals surface area contributed by atoms with E-state index in [2.05, 4.69) is 25.2 Å².